The monoisotopic (exact) mass is 489 g/mol. The van der Waals surface area contributed by atoms with Crippen molar-refractivity contribution in [2.24, 2.45) is 0 Å². The number of thiazole rings is 1. The molecule has 10 heteroatoms. The molecule has 2 aromatic carbocycles. The van der Waals surface area contributed by atoms with E-state index in [-0.39, 0.29) is 5.91 Å². The number of carbonyl (C=O) groups excluding carboxylic acids is 1. The Morgan fingerprint density at radius 1 is 1.11 bits per heavy atom. The van der Waals surface area contributed by atoms with Crippen LogP contribution in [0.25, 0.3) is 21.5 Å². The normalized spacial score (nSPS) is 10.9. The standard InChI is InChI=1S/C25H27N7O2S/c1-5-25(33)31-20-11-21(22(34-4)12-19(20)26-8-9-32(2)3)30-24-13-18(27-14-28-24)16-6-7-17-23(10-16)35-15-29-17/h5-7,10-15,26H,1,8-9H2,2-4H3,(H,31,33)(H,27,28,30). The molecule has 2 aromatic heterocycles. The van der Waals surface area contributed by atoms with Gasteiger partial charge in [0.1, 0.15) is 17.9 Å². The number of nitrogens with zero attached hydrogens (tertiary/aromatic N) is 4. The molecule has 35 heavy (non-hydrogen) atoms. The summed E-state index contributed by atoms with van der Waals surface area (Å²) in [7, 11) is 5.60. The summed E-state index contributed by atoms with van der Waals surface area (Å²) in [6.07, 6.45) is 2.75. The average Bonchev–Trinajstić information content (AvgIpc) is 3.33. The van der Waals surface area contributed by atoms with E-state index in [0.717, 1.165) is 33.7 Å². The van der Waals surface area contributed by atoms with E-state index < -0.39 is 0 Å². The van der Waals surface area contributed by atoms with Crippen LogP contribution in [0.2, 0.25) is 0 Å². The van der Waals surface area contributed by atoms with Gasteiger partial charge in [0.2, 0.25) is 5.91 Å². The maximum absolute atomic E-state index is 12.1. The van der Waals surface area contributed by atoms with Crippen LogP contribution in [0.4, 0.5) is 22.9 Å². The van der Waals surface area contributed by atoms with Gasteiger partial charge in [-0.1, -0.05) is 12.6 Å². The van der Waals surface area contributed by atoms with Crippen molar-refractivity contribution in [1.29, 1.82) is 0 Å². The summed E-state index contributed by atoms with van der Waals surface area (Å²) >= 11 is 1.59. The van der Waals surface area contributed by atoms with E-state index >= 15 is 0 Å². The summed E-state index contributed by atoms with van der Waals surface area (Å²) in [5, 5.41) is 9.52. The van der Waals surface area contributed by atoms with Gasteiger partial charge in [-0.25, -0.2) is 15.0 Å². The predicted octanol–water partition coefficient (Wildman–Crippen LogP) is 4.60. The fourth-order valence-electron chi connectivity index (χ4n) is 3.43. The van der Waals surface area contributed by atoms with E-state index in [4.69, 9.17) is 4.74 Å². The quantitative estimate of drug-likeness (QED) is 0.278. The van der Waals surface area contributed by atoms with Gasteiger partial charge in [0.15, 0.2) is 0 Å². The lowest BCUT2D eigenvalue weighted by Crippen LogP contribution is -2.21. The SMILES string of the molecule is C=CC(=O)Nc1cc(Nc2cc(-c3ccc4ncsc4c3)ncn2)c(OC)cc1NCCN(C)C. The summed E-state index contributed by atoms with van der Waals surface area (Å²) in [4.78, 5) is 27.3. The minimum Gasteiger partial charge on any atom is -0.494 e. The molecule has 0 aliphatic heterocycles. The molecule has 9 nitrogen and oxygen atoms in total. The molecule has 0 bridgehead atoms. The summed E-state index contributed by atoms with van der Waals surface area (Å²) in [5.41, 5.74) is 6.53. The zero-order chi connectivity index (χ0) is 24.8. The first-order valence-corrected chi connectivity index (χ1v) is 11.8. The molecule has 0 aliphatic rings. The van der Waals surface area contributed by atoms with Crippen LogP contribution < -0.4 is 20.7 Å². The Bertz CT molecular complexity index is 1350. The van der Waals surface area contributed by atoms with Crippen LogP contribution in [0.1, 0.15) is 0 Å². The second-order valence-corrected chi connectivity index (χ2v) is 8.86. The number of ether oxygens (including phenoxy) is 1. The number of aromatic nitrogens is 3. The lowest BCUT2D eigenvalue weighted by atomic mass is 10.1. The van der Waals surface area contributed by atoms with E-state index in [1.807, 2.05) is 49.9 Å². The molecule has 0 spiro atoms. The molecular formula is C25H27N7O2S. The highest BCUT2D eigenvalue weighted by molar-refractivity contribution is 7.16. The first-order chi connectivity index (χ1) is 17.0. The largest absolute Gasteiger partial charge is 0.494 e. The molecular weight excluding hydrogens is 462 g/mol. The molecule has 0 aliphatic carbocycles. The fraction of sp³-hybridized carbons (Fsp3) is 0.200. The van der Waals surface area contributed by atoms with E-state index in [2.05, 4.69) is 48.4 Å². The Hall–Kier alpha value is -4.02. The Morgan fingerprint density at radius 3 is 2.74 bits per heavy atom. The third-order valence-corrected chi connectivity index (χ3v) is 6.01. The minimum absolute atomic E-state index is 0.306. The third-order valence-electron chi connectivity index (χ3n) is 5.21. The number of methoxy groups -OCH3 is 1. The number of benzene rings is 2. The molecule has 180 valence electrons. The molecule has 0 fully saturated rings. The van der Waals surface area contributed by atoms with Crippen LogP contribution in [0, 0.1) is 0 Å². The molecule has 0 saturated carbocycles. The first-order valence-electron chi connectivity index (χ1n) is 10.9. The molecule has 1 amide bonds. The predicted molar refractivity (Wildman–Crippen MR) is 143 cm³/mol. The van der Waals surface area contributed by atoms with Crippen molar-refractivity contribution in [1.82, 2.24) is 19.9 Å². The zero-order valence-corrected chi connectivity index (χ0v) is 20.6. The number of nitrogens with one attached hydrogen (secondary N) is 3. The highest BCUT2D eigenvalue weighted by Crippen LogP contribution is 2.37. The number of carbonyl (C=O) groups is 1. The van der Waals surface area contributed by atoms with Crippen LogP contribution in [-0.4, -0.2) is 60.1 Å². The lowest BCUT2D eigenvalue weighted by Gasteiger charge is -2.19. The van der Waals surface area contributed by atoms with Crippen LogP contribution in [0.5, 0.6) is 5.75 Å². The first kappa shape index (κ1) is 24.1. The van der Waals surface area contributed by atoms with Gasteiger partial charge in [0.25, 0.3) is 0 Å². The van der Waals surface area contributed by atoms with E-state index in [9.17, 15) is 4.79 Å². The van der Waals surface area contributed by atoms with Crippen molar-refractivity contribution < 1.29 is 9.53 Å². The van der Waals surface area contributed by atoms with Gasteiger partial charge in [0.05, 0.1) is 45.6 Å². The highest BCUT2D eigenvalue weighted by atomic mass is 32.1. The van der Waals surface area contributed by atoms with Gasteiger partial charge in [-0.2, -0.15) is 0 Å². The number of hydrogen-bond donors (Lipinski definition) is 3. The molecule has 2 heterocycles. The zero-order valence-electron chi connectivity index (χ0n) is 19.8. The van der Waals surface area contributed by atoms with E-state index in [1.54, 1.807) is 18.4 Å². The van der Waals surface area contributed by atoms with Crippen molar-refractivity contribution in [2.75, 3.05) is 50.2 Å². The topological polar surface area (TPSA) is 104 Å². The third kappa shape index (κ3) is 5.92. The van der Waals surface area contributed by atoms with Crippen LogP contribution >= 0.6 is 11.3 Å². The molecule has 4 aromatic rings. The summed E-state index contributed by atoms with van der Waals surface area (Å²) in [6.45, 7) is 5.07. The Kier molecular flexibility index (Phi) is 7.54. The van der Waals surface area contributed by atoms with Gasteiger partial charge in [0, 0.05) is 30.8 Å². The summed E-state index contributed by atoms with van der Waals surface area (Å²) < 4.78 is 6.73. The molecule has 0 unspecified atom stereocenters. The van der Waals surface area contributed by atoms with Crippen LogP contribution in [-0.2, 0) is 4.79 Å². The van der Waals surface area contributed by atoms with E-state index in [0.29, 0.717) is 29.5 Å². The van der Waals surface area contributed by atoms with Crippen LogP contribution in [0.3, 0.4) is 0 Å². The highest BCUT2D eigenvalue weighted by Gasteiger charge is 2.14. The van der Waals surface area contributed by atoms with Crippen LogP contribution in [0.15, 0.2) is 60.9 Å². The van der Waals surface area contributed by atoms with E-state index in [1.165, 1.54) is 12.4 Å². The number of amides is 1. The van der Waals surface area contributed by atoms with Gasteiger partial charge < -0.3 is 25.6 Å². The molecule has 0 radical (unpaired) electrons. The number of likely N-dealkylation sites (N-methyl/N-ethyl adjacent to an activating group) is 1. The Balaban J connectivity index is 1.64. The lowest BCUT2D eigenvalue weighted by molar-refractivity contribution is -0.111. The van der Waals surface area contributed by atoms with Gasteiger partial charge in [-0.05, 0) is 38.4 Å². The number of fused-ring (bicyclic) bond motifs is 1. The van der Waals surface area contributed by atoms with Crippen molar-refractivity contribution >= 4 is 50.3 Å². The second kappa shape index (κ2) is 10.9. The maximum atomic E-state index is 12.1. The fourth-order valence-corrected chi connectivity index (χ4v) is 4.15. The van der Waals surface area contributed by atoms with Crippen molar-refractivity contribution in [3.63, 3.8) is 0 Å². The van der Waals surface area contributed by atoms with Crippen molar-refractivity contribution in [3.05, 3.63) is 60.9 Å². The Morgan fingerprint density at radius 2 is 1.97 bits per heavy atom. The van der Waals surface area contributed by atoms with Crippen molar-refractivity contribution in [2.45, 2.75) is 0 Å². The minimum atomic E-state index is -0.306. The second-order valence-electron chi connectivity index (χ2n) is 7.97. The molecule has 0 atom stereocenters. The molecule has 0 saturated heterocycles. The maximum Gasteiger partial charge on any atom is 0.247 e. The number of hydrogen-bond acceptors (Lipinski definition) is 9. The Labute approximate surface area is 207 Å². The van der Waals surface area contributed by atoms with Gasteiger partial charge in [-0.15, -0.1) is 11.3 Å². The van der Waals surface area contributed by atoms with Crippen molar-refractivity contribution in [3.8, 4) is 17.0 Å². The number of anilines is 4. The summed E-state index contributed by atoms with van der Waals surface area (Å²) in [5.74, 6) is 0.881. The average molecular weight is 490 g/mol. The number of rotatable bonds is 10. The smallest absolute Gasteiger partial charge is 0.247 e. The summed E-state index contributed by atoms with van der Waals surface area (Å²) in [6, 6.07) is 11.6. The van der Waals surface area contributed by atoms with Gasteiger partial charge >= 0.3 is 0 Å². The van der Waals surface area contributed by atoms with Gasteiger partial charge in [-0.3, -0.25) is 4.79 Å². The molecule has 3 N–H and O–H groups in total. The molecule has 4 rings (SSSR count).